The third-order valence-corrected chi connectivity index (χ3v) is 10.1. The first-order chi connectivity index (χ1) is 23.9. The number of anilines is 1. The normalized spacial score (nSPS) is 19.7. The monoisotopic (exact) mass is 660 g/mol. The fraction of sp³-hybridized carbons (Fsp3) is 0.324. The van der Waals surface area contributed by atoms with E-state index < -0.39 is 17.7 Å². The van der Waals surface area contributed by atoms with E-state index in [0.29, 0.717) is 48.8 Å². The van der Waals surface area contributed by atoms with Gasteiger partial charge in [0.25, 0.3) is 0 Å². The van der Waals surface area contributed by atoms with E-state index in [-0.39, 0.29) is 17.7 Å². The minimum absolute atomic E-state index is 0.0425. The molecule has 2 fully saturated rings. The van der Waals surface area contributed by atoms with E-state index >= 15 is 0 Å². The first-order valence-electron chi connectivity index (χ1n) is 16.8. The summed E-state index contributed by atoms with van der Waals surface area (Å²) in [5.41, 5.74) is 4.68. The smallest absolute Gasteiger partial charge is 0.245 e. The van der Waals surface area contributed by atoms with Crippen LogP contribution in [0.5, 0.6) is 5.75 Å². The average Bonchev–Trinajstić information content (AvgIpc) is 3.51. The highest BCUT2D eigenvalue weighted by molar-refractivity contribution is 5.97. The summed E-state index contributed by atoms with van der Waals surface area (Å²) in [6, 6.07) is 17.1. The van der Waals surface area contributed by atoms with Crippen LogP contribution in [0.1, 0.15) is 31.4 Å². The number of hydrogen-bond donors (Lipinski definition) is 0. The number of aromatic nitrogens is 6. The molecule has 248 valence electrons. The topological polar surface area (TPSA) is 94.2 Å². The maximum atomic E-state index is 14.8. The van der Waals surface area contributed by atoms with Crippen LogP contribution in [0, 0.1) is 17.6 Å². The van der Waals surface area contributed by atoms with Gasteiger partial charge in [0.15, 0.2) is 11.5 Å². The molecule has 0 spiro atoms. The zero-order valence-corrected chi connectivity index (χ0v) is 27.0. The summed E-state index contributed by atoms with van der Waals surface area (Å²) in [4.78, 5) is 27.8. The predicted octanol–water partition coefficient (Wildman–Crippen LogP) is 5.86. The molecular weight excluding hydrogens is 626 g/mol. The molecule has 9 rings (SSSR count). The van der Waals surface area contributed by atoms with E-state index in [4.69, 9.17) is 9.84 Å². The summed E-state index contributed by atoms with van der Waals surface area (Å²) < 4.78 is 38.6. The van der Waals surface area contributed by atoms with Crippen LogP contribution in [-0.2, 0) is 18.3 Å². The summed E-state index contributed by atoms with van der Waals surface area (Å²) in [5, 5.41) is 11.0. The lowest BCUT2D eigenvalue weighted by atomic mass is 9.98. The van der Waals surface area contributed by atoms with Crippen LogP contribution < -0.4 is 9.64 Å². The summed E-state index contributed by atoms with van der Waals surface area (Å²) in [6.45, 7) is 1.74. The van der Waals surface area contributed by atoms with Gasteiger partial charge in [-0.2, -0.15) is 10.2 Å². The van der Waals surface area contributed by atoms with Crippen molar-refractivity contribution in [2.45, 2.75) is 44.2 Å². The number of ether oxygens (including phenoxy) is 1. The van der Waals surface area contributed by atoms with Crippen LogP contribution in [0.2, 0.25) is 0 Å². The van der Waals surface area contributed by atoms with Gasteiger partial charge in [-0.15, -0.1) is 0 Å². The Morgan fingerprint density at radius 3 is 2.76 bits per heavy atom. The average molecular weight is 661 g/mol. The van der Waals surface area contributed by atoms with Gasteiger partial charge in [-0.05, 0) is 73.1 Å². The molecule has 0 N–H and O–H groups in total. The van der Waals surface area contributed by atoms with Crippen LogP contribution in [0.3, 0.4) is 0 Å². The molecule has 4 bridgehead atoms. The van der Waals surface area contributed by atoms with Crippen molar-refractivity contribution in [3.63, 3.8) is 0 Å². The van der Waals surface area contributed by atoms with Crippen LogP contribution in [0.15, 0.2) is 73.2 Å². The number of rotatable bonds is 4. The van der Waals surface area contributed by atoms with Crippen molar-refractivity contribution in [3.05, 3.63) is 90.5 Å². The largest absolute Gasteiger partial charge is 0.488 e. The van der Waals surface area contributed by atoms with Gasteiger partial charge in [0.1, 0.15) is 41.5 Å². The molecule has 3 aromatic carbocycles. The molecule has 49 heavy (non-hydrogen) atoms. The Hall–Kier alpha value is -5.39. The molecular formula is C37H34F2N8O2. The Balaban J connectivity index is 1.13. The second-order valence-corrected chi connectivity index (χ2v) is 13.4. The quantitative estimate of drug-likeness (QED) is 0.234. The van der Waals surface area contributed by atoms with E-state index in [1.165, 1.54) is 23.1 Å². The standard InChI is InChI=1S/C37H34F2N8O2/c1-44-32-9-4-14-45(19-22-10-11-22)37(48)33-17-26(49-25-6-2-5-23(15-25)27-7-3-8-30(43-44)34(27)32)20-46(33)35-28-18-42-47(36(28)41-21-40-35)31-13-12-24(38)16-29(31)39/h2-3,5-8,12-13,15-16,18,21-22,26,33H,4,9-11,14,17,19-20H2,1H3/t26-,33-/m0/s1. The lowest BCUT2D eigenvalue weighted by Crippen LogP contribution is -2.47. The zero-order chi connectivity index (χ0) is 33.2. The molecule has 6 aromatic rings. The van der Waals surface area contributed by atoms with Crippen molar-refractivity contribution in [1.29, 1.82) is 0 Å². The van der Waals surface area contributed by atoms with Gasteiger partial charge < -0.3 is 14.5 Å². The van der Waals surface area contributed by atoms with Gasteiger partial charge in [-0.3, -0.25) is 9.48 Å². The number of hydrogen-bond acceptors (Lipinski definition) is 7. The van der Waals surface area contributed by atoms with E-state index in [0.717, 1.165) is 65.2 Å². The molecule has 3 aliphatic rings. The van der Waals surface area contributed by atoms with Gasteiger partial charge in [-0.25, -0.2) is 23.4 Å². The van der Waals surface area contributed by atoms with Crippen molar-refractivity contribution < 1.29 is 18.3 Å². The van der Waals surface area contributed by atoms with Crippen molar-refractivity contribution in [1.82, 2.24) is 34.4 Å². The van der Waals surface area contributed by atoms with E-state index in [1.807, 2.05) is 39.7 Å². The van der Waals surface area contributed by atoms with Gasteiger partial charge in [0.2, 0.25) is 5.91 Å². The highest BCUT2D eigenvalue weighted by atomic mass is 19.1. The fourth-order valence-electron chi connectivity index (χ4n) is 7.56. The Morgan fingerprint density at radius 1 is 1.02 bits per heavy atom. The molecule has 1 aliphatic carbocycles. The Morgan fingerprint density at radius 2 is 1.90 bits per heavy atom. The summed E-state index contributed by atoms with van der Waals surface area (Å²) in [5.74, 6) is 0.357. The highest BCUT2D eigenvalue weighted by Gasteiger charge is 2.42. The SMILES string of the molecule is Cn1nc2cccc3c2c1CCCN(CC1CC1)C(=O)[C@@H]1C[C@@H](CN1c1ncnc2c1cnn2-c1ccc(F)cc1F)Oc1cccc-3c1. The Labute approximate surface area is 280 Å². The van der Waals surface area contributed by atoms with Crippen LogP contribution in [-0.4, -0.2) is 72.1 Å². The number of carbonyl (C=O) groups excluding carboxylic acids is 1. The molecule has 2 atom stereocenters. The lowest BCUT2D eigenvalue weighted by Gasteiger charge is -2.31. The minimum Gasteiger partial charge on any atom is -0.488 e. The van der Waals surface area contributed by atoms with Crippen molar-refractivity contribution >= 4 is 33.7 Å². The van der Waals surface area contributed by atoms with Crippen LogP contribution in [0.25, 0.3) is 38.8 Å². The molecule has 1 saturated heterocycles. The summed E-state index contributed by atoms with van der Waals surface area (Å²) in [7, 11) is 1.99. The van der Waals surface area contributed by atoms with Crippen LogP contribution in [0.4, 0.5) is 14.6 Å². The molecule has 10 nitrogen and oxygen atoms in total. The van der Waals surface area contributed by atoms with Gasteiger partial charge >= 0.3 is 0 Å². The maximum Gasteiger partial charge on any atom is 0.245 e. The fourth-order valence-corrected chi connectivity index (χ4v) is 7.56. The summed E-state index contributed by atoms with van der Waals surface area (Å²) >= 11 is 0. The van der Waals surface area contributed by atoms with Crippen molar-refractivity contribution in [2.24, 2.45) is 13.0 Å². The molecule has 5 heterocycles. The zero-order valence-electron chi connectivity index (χ0n) is 27.0. The molecule has 1 amide bonds. The van der Waals surface area contributed by atoms with Crippen molar-refractivity contribution in [3.8, 4) is 22.6 Å². The molecule has 0 unspecified atom stereocenters. The van der Waals surface area contributed by atoms with Gasteiger partial charge in [-0.1, -0.05) is 24.3 Å². The maximum absolute atomic E-state index is 14.8. The molecule has 2 aliphatic heterocycles. The third kappa shape index (κ3) is 5.26. The molecule has 3 aromatic heterocycles. The number of amides is 1. The molecule has 1 saturated carbocycles. The minimum atomic E-state index is -0.756. The number of aryl methyl sites for hydroxylation is 2. The van der Waals surface area contributed by atoms with Gasteiger partial charge in [0, 0.05) is 43.7 Å². The predicted molar refractivity (Wildman–Crippen MR) is 181 cm³/mol. The summed E-state index contributed by atoms with van der Waals surface area (Å²) in [6.07, 6.45) is 6.96. The second kappa shape index (κ2) is 11.6. The van der Waals surface area contributed by atoms with E-state index in [1.54, 1.807) is 6.20 Å². The molecule has 12 heteroatoms. The number of carbonyl (C=O) groups is 1. The lowest BCUT2D eigenvalue weighted by molar-refractivity contribution is -0.133. The number of fused-ring (bicyclic) bond motifs is 6. The number of benzene rings is 3. The molecule has 0 radical (unpaired) electrons. The van der Waals surface area contributed by atoms with Crippen molar-refractivity contribution in [2.75, 3.05) is 24.5 Å². The van der Waals surface area contributed by atoms with Gasteiger partial charge in [0.05, 0.1) is 23.6 Å². The number of nitrogens with zero attached hydrogens (tertiary/aromatic N) is 8. The second-order valence-electron chi connectivity index (χ2n) is 13.4. The first-order valence-corrected chi connectivity index (χ1v) is 16.8. The van der Waals surface area contributed by atoms with E-state index in [9.17, 15) is 13.6 Å². The highest BCUT2D eigenvalue weighted by Crippen LogP contribution is 2.37. The third-order valence-electron chi connectivity index (χ3n) is 10.1. The van der Waals surface area contributed by atoms with E-state index in [2.05, 4.69) is 39.3 Å². The number of halogens is 2. The Bertz CT molecular complexity index is 2250. The first kappa shape index (κ1) is 29.7. The van der Waals surface area contributed by atoms with Crippen LogP contribution >= 0.6 is 0 Å². The Kier molecular flexibility index (Phi) is 7.06.